The second-order valence-corrected chi connectivity index (χ2v) is 18.7. The molecular weight excluding hydrogens is 807 g/mol. The maximum Gasteiger partial charge on any atom is -0.00969 e. The molecule has 0 bridgehead atoms. The molecule has 8 rings (SSSR count). The maximum atomic E-state index is 5.32. The van der Waals surface area contributed by atoms with E-state index >= 15 is 0 Å². The van der Waals surface area contributed by atoms with Gasteiger partial charge in [0.1, 0.15) is 0 Å². The summed E-state index contributed by atoms with van der Waals surface area (Å²) in [6.45, 7) is 24.4. The summed E-state index contributed by atoms with van der Waals surface area (Å²) in [6.07, 6.45) is 8.50. The first kappa shape index (κ1) is 45.7. The number of benzene rings is 3. The Balaban J connectivity index is 0.000000225. The van der Waals surface area contributed by atoms with Crippen molar-refractivity contribution >= 4 is 8.78 Å². The summed E-state index contributed by atoms with van der Waals surface area (Å²) >= 11 is 1.40. The smallest absolute Gasteiger partial charge is 0.00969 e. The fraction of sp³-hybridized carbons (Fsp3) is 0.392. The van der Waals surface area contributed by atoms with Crippen molar-refractivity contribution < 1.29 is 58.5 Å². The van der Waals surface area contributed by atoms with E-state index in [1.54, 1.807) is 42.4 Å². The molecule has 0 heterocycles. The van der Waals surface area contributed by atoms with Crippen LogP contribution in [0.15, 0.2) is 120 Å². The van der Waals surface area contributed by atoms with Gasteiger partial charge in [-0.2, -0.15) is 29.3 Å². The van der Waals surface area contributed by atoms with Gasteiger partial charge in [0.25, 0.3) is 0 Å². The van der Waals surface area contributed by atoms with Crippen LogP contribution in [0.3, 0.4) is 0 Å². The van der Waals surface area contributed by atoms with Gasteiger partial charge in [-0.1, -0.05) is 113 Å². The van der Waals surface area contributed by atoms with E-state index < -0.39 is 0 Å². The average molecular weight is 867 g/mol. The number of allylic oxidation sites excluding steroid dienone is 6. The fourth-order valence-electron chi connectivity index (χ4n) is 10.1. The van der Waals surface area contributed by atoms with E-state index in [-0.39, 0.29) is 46.5 Å². The number of aryl methyl sites for hydroxylation is 2. The van der Waals surface area contributed by atoms with Gasteiger partial charge >= 0.3 is 135 Å². The van der Waals surface area contributed by atoms with Gasteiger partial charge in [0.2, 0.25) is 0 Å². The molecule has 0 amide bonds. The third-order valence-corrected chi connectivity index (χ3v) is 16.1. The number of hydrogen-bond donors (Lipinski definition) is 0. The Kier molecular flexibility index (Phi) is 14.3. The summed E-state index contributed by atoms with van der Waals surface area (Å²) in [5.41, 5.74) is 15.1. The predicted molar refractivity (Wildman–Crippen MR) is 225 cm³/mol. The SMILES string of the molecule is COc1ccc([C](=[Zr+2])c2ccc(OC)c(C)c2)cc1C.C[C-]1C2=C3Cc4ccccc4C3=C3C=CCCC3C2(C)C(C)(C)C(C)(C)C1(C)C.[Cl-].[Cl-].c1cc[cH-]c1. The van der Waals surface area contributed by atoms with Crippen molar-refractivity contribution in [2.45, 2.75) is 88.5 Å². The van der Waals surface area contributed by atoms with Crippen LogP contribution < -0.4 is 34.3 Å². The molecule has 0 radical (unpaired) electrons. The van der Waals surface area contributed by atoms with E-state index in [1.807, 2.05) is 42.5 Å². The van der Waals surface area contributed by atoms with Gasteiger partial charge in [0.15, 0.2) is 0 Å². The van der Waals surface area contributed by atoms with Crippen molar-refractivity contribution in [1.29, 1.82) is 0 Å². The van der Waals surface area contributed by atoms with E-state index in [1.165, 1.54) is 62.5 Å². The Morgan fingerprint density at radius 2 is 1.32 bits per heavy atom. The Hall–Kier alpha value is -2.97. The van der Waals surface area contributed by atoms with Crippen LogP contribution in [0.5, 0.6) is 11.5 Å². The van der Waals surface area contributed by atoms with Gasteiger partial charge in [-0.15, -0.1) is 6.92 Å². The van der Waals surface area contributed by atoms with Gasteiger partial charge < -0.3 is 24.8 Å². The standard InChI is InChI=1S/C29H37.C17H18O2.C5H5.2ClH.Zr/c1-18-25-22-17-19-13-9-10-14-20(19)24(22)21-15-11-12-16-23(21)29(25,8)28(6,7)27(4,5)26(18,2)3;1-12-9-14(5-7-16(12)18-3)11-15-6-8-17(19-4)13(2)10-15;1-2-4-5-3-1;;;/h9-11,13-15,23H,12,16-17H2,1-8H3;5-10H,1-4H3;1-5H;2*1H;/q-1;;-1;;;+2/p-2. The molecule has 4 aliphatic carbocycles. The third kappa shape index (κ3) is 7.44. The van der Waals surface area contributed by atoms with Crippen molar-refractivity contribution in [3.05, 3.63) is 159 Å². The van der Waals surface area contributed by atoms with Crippen LogP contribution in [0, 0.1) is 47.3 Å². The first-order valence-electron chi connectivity index (χ1n) is 19.7. The van der Waals surface area contributed by atoms with Gasteiger partial charge in [-0.25, -0.2) is 18.1 Å². The van der Waals surface area contributed by atoms with Crippen molar-refractivity contribution in [2.75, 3.05) is 14.2 Å². The van der Waals surface area contributed by atoms with Crippen molar-refractivity contribution in [2.24, 2.45) is 27.6 Å². The minimum absolute atomic E-state index is 0. The number of fused-ring (bicyclic) bond motifs is 6. The van der Waals surface area contributed by atoms with Crippen LogP contribution in [0.4, 0.5) is 0 Å². The molecule has 0 saturated heterocycles. The fourth-order valence-corrected chi connectivity index (χ4v) is 10.9. The second-order valence-electron chi connectivity index (χ2n) is 17.5. The number of rotatable bonds is 4. The molecule has 2 nitrogen and oxygen atoms in total. The molecule has 4 aromatic carbocycles. The Labute approximate surface area is 365 Å². The second kappa shape index (κ2) is 17.5. The summed E-state index contributed by atoms with van der Waals surface area (Å²) in [7, 11) is 3.41. The monoisotopic (exact) mass is 864 g/mol. The van der Waals surface area contributed by atoms with Crippen LogP contribution in [-0.4, -0.2) is 17.4 Å². The zero-order valence-electron chi connectivity index (χ0n) is 35.6. The van der Waals surface area contributed by atoms with E-state index in [2.05, 4.69) is 130 Å². The van der Waals surface area contributed by atoms with Crippen LogP contribution in [0.1, 0.15) is 102 Å². The first-order valence-corrected chi connectivity index (χ1v) is 20.9. The molecule has 0 aromatic heterocycles. The summed E-state index contributed by atoms with van der Waals surface area (Å²) in [6, 6.07) is 31.8. The number of hydrogen-bond acceptors (Lipinski definition) is 2. The molecule has 1 saturated carbocycles. The van der Waals surface area contributed by atoms with Gasteiger partial charge in [-0.05, 0) is 40.6 Å². The maximum absolute atomic E-state index is 5.32. The zero-order valence-corrected chi connectivity index (χ0v) is 39.6. The van der Waals surface area contributed by atoms with E-state index in [4.69, 9.17) is 9.47 Å². The van der Waals surface area contributed by atoms with Gasteiger partial charge in [-0.3, -0.25) is 0 Å². The van der Waals surface area contributed by atoms with Crippen molar-refractivity contribution in [3.8, 4) is 11.5 Å². The molecule has 4 aromatic rings. The number of methoxy groups -OCH3 is 2. The zero-order chi connectivity index (χ0) is 39.2. The summed E-state index contributed by atoms with van der Waals surface area (Å²) in [5, 5.41) is 0. The Morgan fingerprint density at radius 3 is 1.82 bits per heavy atom. The van der Waals surface area contributed by atoms with Gasteiger partial charge in [0, 0.05) is 0 Å². The normalized spacial score (nSPS) is 21.6. The van der Waals surface area contributed by atoms with Crippen LogP contribution in [-0.2, 0) is 30.7 Å². The molecular formula is C51H60Cl2O2Zr-2. The minimum atomic E-state index is 0. The topological polar surface area (TPSA) is 18.5 Å². The average Bonchev–Trinajstić information content (AvgIpc) is 3.87. The van der Waals surface area contributed by atoms with Crippen molar-refractivity contribution in [3.63, 3.8) is 0 Å². The Bertz CT molecular complexity index is 2060. The number of ether oxygens (including phenoxy) is 2. The molecule has 4 aliphatic rings. The molecule has 5 heteroatoms. The van der Waals surface area contributed by atoms with E-state index in [9.17, 15) is 0 Å². The van der Waals surface area contributed by atoms with Gasteiger partial charge in [0.05, 0.1) is 0 Å². The quantitative estimate of drug-likeness (QED) is 0.210. The summed E-state index contributed by atoms with van der Waals surface area (Å²) in [4.78, 5) is 0. The molecule has 1 fully saturated rings. The third-order valence-electron chi connectivity index (χ3n) is 14.7. The summed E-state index contributed by atoms with van der Waals surface area (Å²) < 4.78 is 12.0. The Morgan fingerprint density at radius 1 is 0.768 bits per heavy atom. The van der Waals surface area contributed by atoms with Crippen LogP contribution in [0.25, 0.3) is 5.57 Å². The molecule has 296 valence electrons. The number of halogens is 2. The largest absolute Gasteiger partial charge is 1.00 e. The van der Waals surface area contributed by atoms with E-state index in [0.717, 1.165) is 29.0 Å². The van der Waals surface area contributed by atoms with Crippen LogP contribution in [0.2, 0.25) is 0 Å². The molecule has 56 heavy (non-hydrogen) atoms. The molecule has 0 N–H and O–H groups in total. The minimum Gasteiger partial charge on any atom is -1.00 e. The molecule has 2 unspecified atom stereocenters. The molecule has 0 aliphatic heterocycles. The van der Waals surface area contributed by atoms with Crippen LogP contribution >= 0.6 is 0 Å². The first-order chi connectivity index (χ1) is 25.5. The predicted octanol–water partition coefficient (Wildman–Crippen LogP) is 6.82. The summed E-state index contributed by atoms with van der Waals surface area (Å²) in [5.74, 6) is 4.11. The molecule has 0 spiro atoms. The van der Waals surface area contributed by atoms with E-state index in [0.29, 0.717) is 5.92 Å². The van der Waals surface area contributed by atoms with Crippen molar-refractivity contribution in [1.82, 2.24) is 0 Å². The molecule has 2 atom stereocenters.